The van der Waals surface area contributed by atoms with Crippen LogP contribution in [0.4, 0.5) is 0 Å². The zero-order chi connectivity index (χ0) is 25.7. The van der Waals surface area contributed by atoms with Gasteiger partial charge in [0.2, 0.25) is 0 Å². The maximum atomic E-state index is 9.67. The molecule has 0 spiro atoms. The zero-order valence-electron chi connectivity index (χ0n) is 20.6. The van der Waals surface area contributed by atoms with Crippen LogP contribution in [0.5, 0.6) is 0 Å². The molecule has 2 saturated heterocycles. The molecule has 0 aliphatic carbocycles. The lowest BCUT2D eigenvalue weighted by molar-refractivity contribution is -0.293. The largest absolute Gasteiger partial charge is 0.388 e. The lowest BCUT2D eigenvalue weighted by Crippen LogP contribution is -2.57. The number of unbranched alkanes of at least 4 members (excludes halogenated alkanes) is 5. The molecule has 0 aromatic heterocycles. The molecule has 0 amide bonds. The number of aliphatic hydroxyl groups is 6. The zero-order valence-corrected chi connectivity index (χ0v) is 21.5. The fraction of sp³-hybridized carbons (Fsp3) is 1.00. The van der Waals surface area contributed by atoms with Crippen molar-refractivity contribution < 1.29 is 49.6 Å². The first-order valence-corrected chi connectivity index (χ1v) is 13.0. The van der Waals surface area contributed by atoms with E-state index in [-0.39, 0.29) is 0 Å². The van der Waals surface area contributed by atoms with E-state index in [0.717, 1.165) is 50.7 Å². The van der Waals surface area contributed by atoms with E-state index in [0.29, 0.717) is 13.2 Å². The molecule has 11 heteroatoms. The number of hydrogen-bond acceptors (Lipinski definition) is 11. The summed E-state index contributed by atoms with van der Waals surface area (Å²) in [5.41, 5.74) is 0. The van der Waals surface area contributed by atoms with Crippen LogP contribution in [-0.4, -0.2) is 111 Å². The van der Waals surface area contributed by atoms with Crippen molar-refractivity contribution in [3.63, 3.8) is 0 Å². The van der Waals surface area contributed by atoms with Gasteiger partial charge in [0.25, 0.3) is 0 Å². The van der Waals surface area contributed by atoms with Crippen LogP contribution >= 0.6 is 12.6 Å². The summed E-state index contributed by atoms with van der Waals surface area (Å²) < 4.78 is 21.3. The van der Waals surface area contributed by atoms with Crippen LogP contribution in [0.2, 0.25) is 0 Å². The van der Waals surface area contributed by atoms with Crippen molar-refractivity contribution in [3.05, 3.63) is 0 Å². The van der Waals surface area contributed by atoms with E-state index < -0.39 is 61.4 Å². The van der Waals surface area contributed by atoms with Gasteiger partial charge in [0.1, 0.15) is 36.6 Å². The Bertz CT molecular complexity index is 472. The topological polar surface area (TPSA) is 158 Å². The molecule has 10 atom stereocenters. The molecular formula is C23H46O10S. The van der Waals surface area contributed by atoms with E-state index in [2.05, 4.69) is 19.6 Å². The minimum atomic E-state index is -1.22. The molecule has 0 saturated carbocycles. The quantitative estimate of drug-likeness (QED) is 0.143. The van der Waals surface area contributed by atoms with Crippen LogP contribution < -0.4 is 0 Å². The van der Waals surface area contributed by atoms with Gasteiger partial charge in [-0.1, -0.05) is 32.6 Å². The summed E-state index contributed by atoms with van der Waals surface area (Å²) in [6.45, 7) is 6.38. The van der Waals surface area contributed by atoms with E-state index >= 15 is 0 Å². The smallest absolute Gasteiger partial charge is 0.186 e. The van der Waals surface area contributed by atoms with Gasteiger partial charge in [-0.05, 0) is 38.9 Å². The van der Waals surface area contributed by atoms with Crippen molar-refractivity contribution >= 4 is 12.6 Å². The summed E-state index contributed by atoms with van der Waals surface area (Å²) in [6.07, 6.45) is -2.54. The van der Waals surface area contributed by atoms with E-state index in [1.165, 1.54) is 0 Å². The Balaban J connectivity index is 0.000000340. The van der Waals surface area contributed by atoms with E-state index in [1.54, 1.807) is 13.8 Å². The lowest BCUT2D eigenvalue weighted by atomic mass is 10.0. The second-order valence-electron chi connectivity index (χ2n) is 8.95. The predicted octanol–water partition coefficient (Wildman–Crippen LogP) is 0.341. The van der Waals surface area contributed by atoms with Gasteiger partial charge in [0.05, 0.1) is 12.2 Å². The van der Waals surface area contributed by atoms with Gasteiger partial charge in [-0.2, -0.15) is 12.6 Å². The van der Waals surface area contributed by atoms with E-state index in [1.807, 2.05) is 0 Å². The van der Waals surface area contributed by atoms with Crippen LogP contribution in [0.25, 0.3) is 0 Å². The van der Waals surface area contributed by atoms with Crippen molar-refractivity contribution in [1.82, 2.24) is 0 Å². The molecule has 204 valence electrons. The summed E-state index contributed by atoms with van der Waals surface area (Å²) in [5.74, 6) is 0.852. The third kappa shape index (κ3) is 10.5. The summed E-state index contributed by atoms with van der Waals surface area (Å²) in [4.78, 5) is 0. The first-order chi connectivity index (χ1) is 16.1. The van der Waals surface area contributed by atoms with Crippen molar-refractivity contribution in [1.29, 1.82) is 0 Å². The minimum Gasteiger partial charge on any atom is -0.388 e. The summed E-state index contributed by atoms with van der Waals surface area (Å²) in [6, 6.07) is 0. The second kappa shape index (κ2) is 17.4. The van der Waals surface area contributed by atoms with Gasteiger partial charge in [0, 0.05) is 13.2 Å². The van der Waals surface area contributed by atoms with Crippen LogP contribution in [-0.2, 0) is 18.9 Å². The van der Waals surface area contributed by atoms with Crippen LogP contribution in [0.15, 0.2) is 0 Å². The average molecular weight is 515 g/mol. The number of thiol groups is 1. The molecule has 10 nitrogen and oxygen atoms in total. The third-order valence-electron chi connectivity index (χ3n) is 5.98. The second-order valence-corrected chi connectivity index (χ2v) is 9.40. The first kappa shape index (κ1) is 32.0. The highest BCUT2D eigenvalue weighted by atomic mass is 32.1. The molecule has 0 aromatic carbocycles. The molecule has 0 aromatic rings. The van der Waals surface area contributed by atoms with Crippen molar-refractivity contribution in [2.45, 2.75) is 127 Å². The van der Waals surface area contributed by atoms with Crippen LogP contribution in [0.3, 0.4) is 0 Å². The summed E-state index contributed by atoms with van der Waals surface area (Å²) in [7, 11) is 0. The van der Waals surface area contributed by atoms with E-state index in [9.17, 15) is 30.6 Å². The molecule has 34 heavy (non-hydrogen) atoms. The van der Waals surface area contributed by atoms with E-state index in [4.69, 9.17) is 18.9 Å². The first-order valence-electron chi connectivity index (χ1n) is 12.4. The van der Waals surface area contributed by atoms with Gasteiger partial charge in [-0.3, -0.25) is 0 Å². The third-order valence-corrected chi connectivity index (χ3v) is 6.30. The highest BCUT2D eigenvalue weighted by Gasteiger charge is 2.43. The molecular weight excluding hydrogens is 468 g/mol. The minimum absolute atomic E-state index is 0.463. The Hall–Kier alpha value is -0.0500. The van der Waals surface area contributed by atoms with Crippen molar-refractivity contribution in [2.75, 3.05) is 19.0 Å². The van der Waals surface area contributed by atoms with Gasteiger partial charge in [-0.15, -0.1) is 0 Å². The van der Waals surface area contributed by atoms with Crippen LogP contribution in [0.1, 0.15) is 65.7 Å². The van der Waals surface area contributed by atoms with Crippen molar-refractivity contribution in [2.24, 2.45) is 0 Å². The highest BCUT2D eigenvalue weighted by molar-refractivity contribution is 7.80. The molecule has 2 aliphatic heterocycles. The maximum Gasteiger partial charge on any atom is 0.186 e. The normalized spacial score (nSPS) is 38.3. The molecule has 2 fully saturated rings. The summed E-state index contributed by atoms with van der Waals surface area (Å²) in [5, 5.41) is 57.4. The molecule has 2 heterocycles. The Labute approximate surface area is 208 Å². The average Bonchev–Trinajstić information content (AvgIpc) is 2.82. The fourth-order valence-electron chi connectivity index (χ4n) is 3.62. The monoisotopic (exact) mass is 514 g/mol. The van der Waals surface area contributed by atoms with Gasteiger partial charge in [-0.25, -0.2) is 0 Å². The molecule has 0 radical (unpaired) electrons. The number of ether oxygens (including phenoxy) is 4. The SMILES string of the molecule is CC1OC(OCCCCCS)[C@@H](O)[C@@H](O)C1O.CCCCCCOC1OC(C)C(O)[C@H](O)[C@@H]1O. The molecule has 2 rings (SSSR count). The predicted molar refractivity (Wildman–Crippen MR) is 128 cm³/mol. The summed E-state index contributed by atoms with van der Waals surface area (Å²) >= 11 is 4.11. The Morgan fingerprint density at radius 3 is 1.38 bits per heavy atom. The molecule has 6 unspecified atom stereocenters. The maximum absolute atomic E-state index is 9.67. The Morgan fingerprint density at radius 1 is 0.588 bits per heavy atom. The van der Waals surface area contributed by atoms with Gasteiger partial charge < -0.3 is 49.6 Å². The van der Waals surface area contributed by atoms with Crippen molar-refractivity contribution in [3.8, 4) is 0 Å². The number of rotatable bonds is 12. The van der Waals surface area contributed by atoms with Gasteiger partial charge >= 0.3 is 0 Å². The molecule has 0 bridgehead atoms. The number of hydrogen-bond donors (Lipinski definition) is 7. The molecule has 2 aliphatic rings. The number of aliphatic hydroxyl groups excluding tert-OH is 6. The van der Waals surface area contributed by atoms with Gasteiger partial charge in [0.15, 0.2) is 12.6 Å². The Kier molecular flexibility index (Phi) is 16.4. The standard InChI is InChI=1S/C12H24O5.C11H22O5S/c1-3-4-5-6-7-16-12-11(15)10(14)9(13)8(2)17-12;1-7-8(12)9(13)10(14)11(16-7)15-5-3-2-4-6-17/h8-15H,3-7H2,1-2H3;7-14,17H,2-6H2,1H3/t8?,9?,10-,11-,12?;7?,8?,9-,10-,11?/m00/s1. The molecule has 6 N–H and O–H groups in total. The van der Waals surface area contributed by atoms with Crippen LogP contribution in [0, 0.1) is 0 Å². The lowest BCUT2D eigenvalue weighted by Gasteiger charge is -2.38. The fourth-order valence-corrected chi connectivity index (χ4v) is 3.84. The Morgan fingerprint density at radius 2 is 1.00 bits per heavy atom. The highest BCUT2D eigenvalue weighted by Crippen LogP contribution is 2.23.